The number of aromatic hydroxyl groups is 3. The minimum Gasteiger partial charge on any atom is -0.507 e. The zero-order chi connectivity index (χ0) is 104. The van der Waals surface area contributed by atoms with Gasteiger partial charge in [0.25, 0.3) is 0 Å². The third-order valence-electron chi connectivity index (χ3n) is 21.2. The van der Waals surface area contributed by atoms with E-state index >= 15 is 0 Å². The van der Waals surface area contributed by atoms with Crippen molar-refractivity contribution in [3.05, 3.63) is 202 Å². The van der Waals surface area contributed by atoms with Crippen molar-refractivity contribution >= 4 is 119 Å². The van der Waals surface area contributed by atoms with E-state index in [4.69, 9.17) is 107 Å². The van der Waals surface area contributed by atoms with Crippen molar-refractivity contribution in [1.82, 2.24) is 19.6 Å². The Kier molecular flexibility index (Phi) is 33.1. The minimum absolute atomic E-state index is 0.0157. The number of hydrogen-bond acceptors (Lipinski definition) is 28. The number of esters is 1. The number of nitrogens with zero attached hydrogens (tertiary/aromatic N) is 4. The first kappa shape index (κ1) is 85.8. The number of piperidine rings is 4. The molecule has 0 aliphatic carbocycles. The van der Waals surface area contributed by atoms with Crippen LogP contribution in [0.4, 0.5) is 0 Å². The van der Waals surface area contributed by atoms with Crippen LogP contribution < -0.4 is 58.2 Å². The van der Waals surface area contributed by atoms with Crippen LogP contribution in [-0.2, 0) is 4.74 Å². The van der Waals surface area contributed by atoms with E-state index in [0.717, 1.165) is 67.6 Å². The minimum atomic E-state index is -0.882. The van der Waals surface area contributed by atoms with Crippen molar-refractivity contribution in [3.8, 4) is 97.4 Å². The molecule has 8 aromatic carbocycles. The van der Waals surface area contributed by atoms with Gasteiger partial charge in [-0.3, -0.25) is 14.4 Å². The smallest absolute Gasteiger partial charge is 0.369 e. The summed E-state index contributed by atoms with van der Waals surface area (Å²) in [4.78, 5) is 57.4. The van der Waals surface area contributed by atoms with Crippen LogP contribution in [0.15, 0.2) is 152 Å². The second kappa shape index (κ2) is 49.0. The highest BCUT2D eigenvalue weighted by Gasteiger charge is 2.39. The molecule has 0 spiro atoms. The molecule has 4 aliphatic rings. The van der Waals surface area contributed by atoms with Crippen LogP contribution in [0.1, 0.15) is 116 Å². The van der Waals surface area contributed by atoms with Gasteiger partial charge in [0.1, 0.15) is 114 Å². The number of halogens is 6. The summed E-state index contributed by atoms with van der Waals surface area (Å²) in [5, 5.41) is 72.8. The zero-order valence-electron chi connectivity index (χ0n) is 84.6. The van der Waals surface area contributed by atoms with Crippen molar-refractivity contribution in [1.29, 1.82) is 0 Å². The van der Waals surface area contributed by atoms with Crippen molar-refractivity contribution in [2.75, 3.05) is 159 Å². The molecule has 0 radical (unpaired) electrons. The number of ether oxygens (including phenoxy) is 11. The predicted molar refractivity (Wildman–Crippen MR) is 504 cm³/mol. The third-order valence-corrected chi connectivity index (χ3v) is 22.1. The maximum absolute atomic E-state index is 13.3. The molecule has 6 heterocycles. The van der Waals surface area contributed by atoms with Gasteiger partial charge < -0.3 is 116 Å². The largest absolute Gasteiger partial charge is 0.507 e. The monoisotopic (exact) mass is 2020 g/mol. The SMILES string of the molecule is BrB(Br)Br.COc1cc(OC)c(C2CCN(C)CC2O)c(O)c1C(C)=O.COc1cc(OC)c(C2CCN(C)CC2O)c(OC)c1.COc1cc(OC)cc(OC)c1.[2H]c1c([2H])c([2H])c(-c2cc(=O)c3c(O)cc(O)c(C4CCN(C)CC4O)c3o2)c(Cl)c1[2H].[2H]c1c([2H])c([2H])c(-c2cc(=O)c3c(OC)cc(OC)c(C4CCN(C)CC4O)c3o2)c(Cl)c1[2H].[2H]c1c([2H])c([2H])c(C(=O)OC)c(Cl)c1[2H]. The van der Waals surface area contributed by atoms with Crippen LogP contribution in [-0.4, -0.2) is 253 Å². The normalized spacial score (nSPS) is 20.0. The van der Waals surface area contributed by atoms with E-state index in [1.54, 1.807) is 73.0 Å². The number of fused-ring (bicyclic) bond motifs is 2. The van der Waals surface area contributed by atoms with E-state index in [1.165, 1.54) is 35.4 Å². The molecule has 10 aromatic rings. The topological polar surface area (TPSA) is 351 Å². The van der Waals surface area contributed by atoms with Crippen molar-refractivity contribution in [2.45, 2.75) is 80.7 Å². The Hall–Kier alpha value is -9.23. The number of hydrogen-bond donors (Lipinski definition) is 7. The molecular weight excluding hydrogens is 1900 g/mol. The number of likely N-dealkylation sites (N-methyl/N-ethyl adjacent to an activating group) is 4. The molecule has 35 heteroatoms. The number of methoxy groups -OCH3 is 11. The molecule has 8 atom stereocenters. The molecule has 7 N–H and O–H groups in total. The number of aliphatic hydroxyl groups excluding tert-OH is 4. The highest BCUT2D eigenvalue weighted by molar-refractivity contribution is 9.69. The number of likely N-dealkylation sites (tertiary alicyclic amines) is 4. The Bertz CT molecular complexity index is 6080. The molecular formula is C92H109BBr3Cl3N4O24. The van der Waals surface area contributed by atoms with Crippen LogP contribution in [0.2, 0.25) is 15.1 Å². The van der Waals surface area contributed by atoms with Crippen molar-refractivity contribution in [2.24, 2.45) is 0 Å². The third kappa shape index (κ3) is 26.3. The Morgan fingerprint density at radius 1 is 0.417 bits per heavy atom. The molecule has 127 heavy (non-hydrogen) atoms. The Labute approximate surface area is 795 Å². The fourth-order valence-corrected chi connectivity index (χ4v) is 15.6. The number of phenols is 3. The summed E-state index contributed by atoms with van der Waals surface area (Å²) >= 11 is 27.4. The van der Waals surface area contributed by atoms with Gasteiger partial charge in [0.15, 0.2) is 16.6 Å². The lowest BCUT2D eigenvalue weighted by atomic mass is 9.84. The second-order valence-electron chi connectivity index (χ2n) is 29.3. The molecule has 4 aliphatic heterocycles. The van der Waals surface area contributed by atoms with Crippen LogP contribution in [0.25, 0.3) is 44.6 Å². The quantitative estimate of drug-likeness (QED) is 0.0238. The molecule has 14 rings (SSSR count). The van der Waals surface area contributed by atoms with Gasteiger partial charge in [0.2, 0.25) is 0 Å². The fraction of sp³-hybridized carbons (Fsp3) is 0.391. The maximum Gasteiger partial charge on any atom is 0.369 e. The zero-order valence-corrected chi connectivity index (χ0v) is 79.6. The van der Waals surface area contributed by atoms with Crippen LogP contribution in [0.5, 0.6) is 74.7 Å². The summed E-state index contributed by atoms with van der Waals surface area (Å²) in [7, 11) is 24.3. The lowest BCUT2D eigenvalue weighted by Crippen LogP contribution is -2.40. The van der Waals surface area contributed by atoms with Gasteiger partial charge in [-0.1, -0.05) is 71.1 Å². The van der Waals surface area contributed by atoms with Gasteiger partial charge in [0, 0.05) is 144 Å². The van der Waals surface area contributed by atoms with Gasteiger partial charge in [-0.25, -0.2) is 4.79 Å². The van der Waals surface area contributed by atoms with Gasteiger partial charge in [-0.15, -0.1) is 47.3 Å². The summed E-state index contributed by atoms with van der Waals surface area (Å²) in [6, 6.07) is 9.54. The van der Waals surface area contributed by atoms with E-state index in [-0.39, 0.29) is 120 Å². The number of carbonyl (C=O) groups excluding carboxylic acids is 2. The van der Waals surface area contributed by atoms with Gasteiger partial charge in [-0.05, 0) is 123 Å². The van der Waals surface area contributed by atoms with E-state index in [9.17, 15) is 54.9 Å². The summed E-state index contributed by atoms with van der Waals surface area (Å²) in [6.45, 7) is 6.35. The highest BCUT2D eigenvalue weighted by Crippen LogP contribution is 2.49. The number of carbonyl (C=O) groups is 2. The number of ketones is 1. The molecule has 2 aromatic heterocycles. The molecule has 0 amide bonds. The summed E-state index contributed by atoms with van der Waals surface area (Å²) in [5.41, 5.74) is 0.286. The molecule has 0 saturated carbocycles. The number of β-amino-alcohol motifs (C(OH)–C–C–N with tert-alkyl or cyclic N) is 4. The lowest BCUT2D eigenvalue weighted by molar-refractivity contribution is 0.0599. The molecule has 4 fully saturated rings. The Morgan fingerprint density at radius 3 is 1.13 bits per heavy atom. The van der Waals surface area contributed by atoms with E-state index in [1.807, 2.05) is 55.0 Å². The number of rotatable bonds is 18. The maximum atomic E-state index is 13.3. The number of phenolic OH excluding ortho intramolecular Hbond substituents is 3. The summed E-state index contributed by atoms with van der Waals surface area (Å²) < 4.78 is 163. The summed E-state index contributed by atoms with van der Waals surface area (Å²) in [6.07, 6.45) is -0.117. The average Bonchev–Trinajstić information content (AvgIpc) is 0.739. The van der Waals surface area contributed by atoms with Crippen LogP contribution in [0.3, 0.4) is 0 Å². The molecule has 4 saturated heterocycles. The van der Waals surface area contributed by atoms with Crippen LogP contribution in [0, 0.1) is 0 Å². The molecule has 8 unspecified atom stereocenters. The van der Waals surface area contributed by atoms with E-state index in [2.05, 4.69) is 56.9 Å². The second-order valence-corrected chi connectivity index (χ2v) is 36.8. The summed E-state index contributed by atoms with van der Waals surface area (Å²) in [5.74, 6) is 1.75. The Balaban J connectivity index is 0.000000209. The van der Waals surface area contributed by atoms with Gasteiger partial charge in [-0.2, -0.15) is 0 Å². The highest BCUT2D eigenvalue weighted by atomic mass is 79.9. The molecule has 28 nitrogen and oxygen atoms in total. The molecule has 0 bridgehead atoms. The number of aliphatic hydroxyl groups is 4. The fourth-order valence-electron chi connectivity index (χ4n) is 15.0. The first-order valence-corrected chi connectivity index (χ1v) is 43.0. The number of benzene rings is 8. The first-order valence-electron chi connectivity index (χ1n) is 45.1. The van der Waals surface area contributed by atoms with E-state index in [0.29, 0.717) is 98.4 Å². The average molecular weight is 2020 g/mol. The van der Waals surface area contributed by atoms with E-state index < -0.39 is 131 Å². The Morgan fingerprint density at radius 2 is 0.748 bits per heavy atom. The lowest BCUT2D eigenvalue weighted by Gasteiger charge is -2.35. The standard InChI is InChI=1S/C23H24ClNO5.C21H20ClNO5.C16H23NO5.C15H23NO4.C9H12O3.C8H7ClO2.BBr3/c1-25-9-8-14(17(27)12-25)21-19(28-2)11-20(29-3)22-16(26)10-18(30-23(21)22)13-6-4-5-7-15(13)24;1-23-7-6-12(17(27)10-23)19-14(24)8-15(25)20-16(26)9-18(28-21(19)20)11-4-2-3-5-13(11)22;1-9(18)14-12(21-3)7-13(22-4)15(16(14)20)10-5-6-17(2)8-11(10)19;1-16-6-5-11(12(17)9-16)15-13(19-3)7-10(18-2)8-14(15)20-4;1-10-7-4-8(11-2)6-9(5-7)12-3;1-11-8(10)6-4-2-3-5-7(6)9;2-1(3)4/h4-7,10-11,14,17,27H,8-9,12H2,1-3H3;2-5,8-9,12,17,24-25,27H,6-7,10H2,1H3;7,10-11,19-20H,5-6,8H2,1-4H3;7-8,11-12,17H,5-6,9H2,1-4H3;4-6H,1-3H3;2-5H,1H3;/i4D,5D,6D,7D;2D,3D,4D,5D;;;;2D,3D,4D,5D;. The van der Waals surface area contributed by atoms with Gasteiger partial charge >= 0.3 is 9.15 Å². The molecule has 686 valence electrons. The van der Waals surface area contributed by atoms with Crippen molar-refractivity contribution < 1.29 is 123 Å². The first-order chi connectivity index (χ1) is 65.6. The number of Topliss-reactive ketones (excluding diaryl/α,β-unsaturated/α-hetero) is 1. The predicted octanol–water partition coefficient (Wildman–Crippen LogP) is 16.1. The van der Waals surface area contributed by atoms with Crippen LogP contribution >= 0.6 is 82.1 Å². The van der Waals surface area contributed by atoms with Gasteiger partial charge in [0.05, 0.1) is 140 Å². The van der Waals surface area contributed by atoms with Crippen molar-refractivity contribution in [3.63, 3.8) is 0 Å².